The van der Waals surface area contributed by atoms with Crippen LogP contribution in [0, 0.1) is 0 Å². The van der Waals surface area contributed by atoms with Crippen molar-refractivity contribution in [2.75, 3.05) is 12.8 Å². The summed E-state index contributed by atoms with van der Waals surface area (Å²) in [5.41, 5.74) is -0.319. The smallest absolute Gasteiger partial charge is 0.497 e. The Hall–Kier alpha value is -2.48. The molecule has 0 atom stereocenters. The maximum atomic E-state index is 12.4. The van der Waals surface area contributed by atoms with Gasteiger partial charge in [0.25, 0.3) is 15.9 Å². The van der Waals surface area contributed by atoms with Crippen molar-refractivity contribution >= 4 is 26.0 Å². The Kier molecular flexibility index (Phi) is 4.61. The van der Waals surface area contributed by atoms with Crippen LogP contribution in [0.5, 0.6) is 11.6 Å². The molecule has 0 aliphatic rings. The second-order valence-electron chi connectivity index (χ2n) is 4.41. The molecule has 1 aromatic carbocycles. The van der Waals surface area contributed by atoms with E-state index in [2.05, 4.69) is 9.28 Å². The van der Waals surface area contributed by atoms with E-state index in [0.29, 0.717) is 11.8 Å². The van der Waals surface area contributed by atoms with Crippen molar-refractivity contribution in [1.82, 2.24) is 9.19 Å². The Labute approximate surface area is 139 Å². The van der Waals surface area contributed by atoms with Crippen LogP contribution in [-0.2, 0) is 20.1 Å². The Morgan fingerprint density at radius 2 is 1.68 bits per heavy atom. The highest BCUT2D eigenvalue weighted by molar-refractivity contribution is 7.90. The molecule has 0 aliphatic heterocycles. The largest absolute Gasteiger partial charge is 0.534 e. The van der Waals surface area contributed by atoms with Crippen molar-refractivity contribution in [1.29, 1.82) is 0 Å². The molecular weight excluding hydrogens is 391 g/mol. The highest BCUT2D eigenvalue weighted by Gasteiger charge is 2.49. The van der Waals surface area contributed by atoms with Crippen LogP contribution in [-0.4, -0.2) is 38.6 Å². The molecule has 9 nitrogen and oxygen atoms in total. The Balaban J connectivity index is 2.42. The van der Waals surface area contributed by atoms with Crippen LogP contribution in [0.3, 0.4) is 0 Å². The van der Waals surface area contributed by atoms with Gasteiger partial charge in [0.05, 0.1) is 12.0 Å². The van der Waals surface area contributed by atoms with Gasteiger partial charge in [-0.3, -0.25) is 0 Å². The van der Waals surface area contributed by atoms with Gasteiger partial charge in [0.1, 0.15) is 11.6 Å². The van der Waals surface area contributed by atoms with Crippen LogP contribution >= 0.6 is 0 Å². The molecule has 0 saturated carbocycles. The van der Waals surface area contributed by atoms with E-state index in [0.717, 1.165) is 12.1 Å². The topological polar surface area (TPSA) is 131 Å². The summed E-state index contributed by atoms with van der Waals surface area (Å²) in [5, 5.41) is 3.17. The lowest BCUT2D eigenvalue weighted by Crippen LogP contribution is -2.28. The summed E-state index contributed by atoms with van der Waals surface area (Å²) in [5.74, 6) is -1.44. The number of ether oxygens (including phenoxy) is 1. The lowest BCUT2D eigenvalue weighted by molar-refractivity contribution is -0.0501. The lowest BCUT2D eigenvalue weighted by Gasteiger charge is -2.07. The van der Waals surface area contributed by atoms with Gasteiger partial charge < -0.3 is 14.7 Å². The van der Waals surface area contributed by atoms with Crippen molar-refractivity contribution < 1.29 is 38.9 Å². The maximum absolute atomic E-state index is 12.4. The highest BCUT2D eigenvalue weighted by atomic mass is 32.2. The summed E-state index contributed by atoms with van der Waals surface area (Å²) < 4.78 is 92.3. The number of anilines is 1. The van der Waals surface area contributed by atoms with Crippen molar-refractivity contribution in [2.24, 2.45) is 0 Å². The summed E-state index contributed by atoms with van der Waals surface area (Å²) >= 11 is 0. The van der Waals surface area contributed by atoms with Crippen LogP contribution in [0.15, 0.2) is 35.2 Å². The van der Waals surface area contributed by atoms with E-state index >= 15 is 0 Å². The van der Waals surface area contributed by atoms with E-state index in [1.54, 1.807) is 0 Å². The predicted octanol–water partition coefficient (Wildman–Crippen LogP) is 0.939. The average molecular weight is 401 g/mol. The van der Waals surface area contributed by atoms with E-state index in [-0.39, 0.29) is 8.98 Å². The minimum Gasteiger partial charge on any atom is -0.497 e. The van der Waals surface area contributed by atoms with Gasteiger partial charge in [-0.15, -0.1) is 9.19 Å². The summed E-state index contributed by atoms with van der Waals surface area (Å²) in [6.45, 7) is 0. The van der Waals surface area contributed by atoms with E-state index < -0.39 is 37.3 Å². The normalized spacial score (nSPS) is 12.8. The lowest BCUT2D eigenvalue weighted by atomic mass is 10.3. The number of hydrogen-bond acceptors (Lipinski definition) is 8. The van der Waals surface area contributed by atoms with Gasteiger partial charge in [0.2, 0.25) is 0 Å². The molecule has 0 radical (unpaired) electrons. The van der Waals surface area contributed by atoms with Crippen LogP contribution in [0.1, 0.15) is 0 Å². The van der Waals surface area contributed by atoms with Crippen LogP contribution < -0.4 is 14.7 Å². The first-order chi connectivity index (χ1) is 11.4. The van der Waals surface area contributed by atoms with Crippen molar-refractivity contribution in [2.45, 2.75) is 10.4 Å². The Morgan fingerprint density at radius 3 is 2.16 bits per heavy atom. The molecule has 0 aliphatic carbocycles. The van der Waals surface area contributed by atoms with Gasteiger partial charge in [-0.25, -0.2) is 0 Å². The number of nitrogens with zero attached hydrogens (tertiary/aromatic N) is 2. The molecular formula is C11H10F3N3O6S2. The molecule has 2 rings (SSSR count). The first kappa shape index (κ1) is 18.9. The second kappa shape index (κ2) is 6.11. The molecule has 0 amide bonds. The molecule has 25 heavy (non-hydrogen) atoms. The molecule has 0 unspecified atom stereocenters. The third kappa shape index (κ3) is 3.63. The van der Waals surface area contributed by atoms with Gasteiger partial charge in [0, 0.05) is 6.07 Å². The highest BCUT2D eigenvalue weighted by Crippen LogP contribution is 2.28. The van der Waals surface area contributed by atoms with Crippen molar-refractivity contribution in [3.8, 4) is 11.6 Å². The standard InChI is InChI=1S/C11H10F3N3O6S2/c1-22-7-2-4-8(5-3-7)24(18,19)17-9(15)6-10(16-17)23-25(20,21)11(12,13)14/h2-6H,15H2,1H3. The minimum absolute atomic E-state index is 0.149. The number of hydrogen-bond donors (Lipinski definition) is 1. The summed E-state index contributed by atoms with van der Waals surface area (Å²) in [6, 6.07) is 5.45. The van der Waals surface area contributed by atoms with Crippen LogP contribution in [0.25, 0.3) is 0 Å². The zero-order valence-corrected chi connectivity index (χ0v) is 13.9. The van der Waals surface area contributed by atoms with Crippen LogP contribution in [0.4, 0.5) is 19.0 Å². The van der Waals surface area contributed by atoms with Gasteiger partial charge in [0.15, 0.2) is 0 Å². The molecule has 2 N–H and O–H groups in total. The van der Waals surface area contributed by atoms with Gasteiger partial charge in [-0.1, -0.05) is 0 Å². The third-order valence-electron chi connectivity index (χ3n) is 2.75. The fraction of sp³-hybridized carbons (Fsp3) is 0.182. The molecule has 14 heteroatoms. The minimum atomic E-state index is -6.02. The number of nitrogen functional groups attached to an aromatic ring is 1. The molecule has 0 fully saturated rings. The summed E-state index contributed by atoms with van der Waals surface area (Å²) in [7, 11) is -9.05. The molecule has 0 spiro atoms. The number of nitrogens with two attached hydrogens (primary N) is 1. The molecule has 0 saturated heterocycles. The average Bonchev–Trinajstić information content (AvgIpc) is 2.86. The number of rotatable bonds is 5. The van der Waals surface area contributed by atoms with E-state index in [9.17, 15) is 30.0 Å². The molecule has 2 aromatic rings. The van der Waals surface area contributed by atoms with E-state index in [1.165, 1.54) is 19.2 Å². The quantitative estimate of drug-likeness (QED) is 0.579. The SMILES string of the molecule is COc1ccc(S(=O)(=O)n2nc(OS(=O)(=O)C(F)(F)F)cc2N)cc1. The molecule has 138 valence electrons. The first-order valence-corrected chi connectivity index (χ1v) is 8.99. The summed E-state index contributed by atoms with van der Waals surface area (Å²) in [6.07, 6.45) is 0. The number of alkyl halides is 3. The number of halogens is 3. The predicted molar refractivity (Wildman–Crippen MR) is 77.8 cm³/mol. The zero-order valence-electron chi connectivity index (χ0n) is 12.3. The molecule has 1 heterocycles. The van der Waals surface area contributed by atoms with Crippen molar-refractivity contribution in [3.05, 3.63) is 30.3 Å². The molecule has 0 bridgehead atoms. The Bertz CT molecular complexity index is 981. The Morgan fingerprint density at radius 1 is 1.12 bits per heavy atom. The van der Waals surface area contributed by atoms with Crippen molar-refractivity contribution in [3.63, 3.8) is 0 Å². The number of methoxy groups -OCH3 is 1. The zero-order chi connectivity index (χ0) is 19.0. The van der Waals surface area contributed by atoms with Crippen LogP contribution in [0.2, 0.25) is 0 Å². The second-order valence-corrected chi connectivity index (χ2v) is 7.72. The monoisotopic (exact) mass is 401 g/mol. The van der Waals surface area contributed by atoms with Gasteiger partial charge >= 0.3 is 15.6 Å². The third-order valence-corrected chi connectivity index (χ3v) is 5.32. The summed E-state index contributed by atoms with van der Waals surface area (Å²) in [4.78, 5) is -0.312. The van der Waals surface area contributed by atoms with E-state index in [1.807, 2.05) is 0 Å². The first-order valence-electron chi connectivity index (χ1n) is 6.14. The molecule has 1 aromatic heterocycles. The maximum Gasteiger partial charge on any atom is 0.534 e. The fourth-order valence-electron chi connectivity index (χ4n) is 1.60. The van der Waals surface area contributed by atoms with E-state index in [4.69, 9.17) is 10.5 Å². The van der Waals surface area contributed by atoms with Gasteiger partial charge in [-0.2, -0.15) is 30.0 Å². The number of benzene rings is 1. The van der Waals surface area contributed by atoms with Gasteiger partial charge in [-0.05, 0) is 24.3 Å². The fourth-order valence-corrected chi connectivity index (χ4v) is 3.20. The number of aromatic nitrogens is 2.